The number of aromatic nitrogens is 3. The van der Waals surface area contributed by atoms with Crippen LogP contribution in [0.4, 0.5) is 13.2 Å². The van der Waals surface area contributed by atoms with Gasteiger partial charge in [0.25, 0.3) is 0 Å². The van der Waals surface area contributed by atoms with Gasteiger partial charge in [0.05, 0.1) is 12.3 Å². The summed E-state index contributed by atoms with van der Waals surface area (Å²) in [7, 11) is 1.21. The molecule has 0 atom stereocenters. The summed E-state index contributed by atoms with van der Waals surface area (Å²) in [6.07, 6.45) is -4.57. The first-order valence-electron chi connectivity index (χ1n) is 6.92. The molecule has 6 nitrogen and oxygen atoms in total. The average Bonchev–Trinajstić information content (AvgIpc) is 2.91. The first-order chi connectivity index (χ1) is 11.4. The minimum Gasteiger partial charge on any atom is -0.492 e. The van der Waals surface area contributed by atoms with E-state index in [1.165, 1.54) is 7.05 Å². The number of benzene rings is 1. The van der Waals surface area contributed by atoms with Gasteiger partial charge in [-0.2, -0.15) is 13.2 Å². The third kappa shape index (κ3) is 5.15. The molecule has 0 fully saturated rings. The first-order valence-corrected chi connectivity index (χ1v) is 7.90. The molecule has 0 saturated heterocycles. The number of thioether (sulfide) groups is 1. The Hall–Kier alpha value is -2.23. The van der Waals surface area contributed by atoms with Crippen molar-refractivity contribution in [3.63, 3.8) is 0 Å². The molecule has 0 unspecified atom stereocenters. The standard InChI is InChI=1S/C14H15F3N4O2S/c1-21-12(14(15,16)17)19-20-13(21)24-9-11(22)18-7-8-23-10-5-3-2-4-6-10/h2-6H,7-9H2,1H3,(H,18,22). The van der Waals surface area contributed by atoms with Crippen molar-refractivity contribution in [1.29, 1.82) is 0 Å². The minimum atomic E-state index is -4.57. The summed E-state index contributed by atoms with van der Waals surface area (Å²) >= 11 is 0.883. The maximum absolute atomic E-state index is 12.6. The Bertz CT molecular complexity index is 676. The quantitative estimate of drug-likeness (QED) is 0.605. The predicted octanol–water partition coefficient (Wildman–Crippen LogP) is 2.12. The highest BCUT2D eigenvalue weighted by Gasteiger charge is 2.37. The molecule has 0 radical (unpaired) electrons. The normalized spacial score (nSPS) is 11.3. The lowest BCUT2D eigenvalue weighted by atomic mass is 10.3. The summed E-state index contributed by atoms with van der Waals surface area (Å²) in [5.74, 6) is -0.787. The second-order valence-electron chi connectivity index (χ2n) is 4.66. The van der Waals surface area contributed by atoms with E-state index >= 15 is 0 Å². The molecule has 0 aliphatic heterocycles. The highest BCUT2D eigenvalue weighted by molar-refractivity contribution is 7.99. The van der Waals surface area contributed by atoms with E-state index in [-0.39, 0.29) is 16.8 Å². The van der Waals surface area contributed by atoms with E-state index in [0.717, 1.165) is 16.3 Å². The van der Waals surface area contributed by atoms with Crippen LogP contribution in [0.3, 0.4) is 0 Å². The second kappa shape index (κ2) is 8.04. The van der Waals surface area contributed by atoms with Gasteiger partial charge >= 0.3 is 6.18 Å². The van der Waals surface area contributed by atoms with Crippen LogP contribution < -0.4 is 10.1 Å². The molecule has 2 rings (SSSR count). The highest BCUT2D eigenvalue weighted by atomic mass is 32.2. The fourth-order valence-electron chi connectivity index (χ4n) is 1.74. The lowest BCUT2D eigenvalue weighted by molar-refractivity contribution is -0.147. The van der Waals surface area contributed by atoms with Gasteiger partial charge in [0.2, 0.25) is 11.7 Å². The summed E-state index contributed by atoms with van der Waals surface area (Å²) in [6.45, 7) is 0.587. The molecule has 0 aliphatic carbocycles. The van der Waals surface area contributed by atoms with Crippen LogP contribution in [0.1, 0.15) is 5.82 Å². The molecule has 1 amide bonds. The van der Waals surface area contributed by atoms with Gasteiger partial charge in [-0.05, 0) is 12.1 Å². The van der Waals surface area contributed by atoms with E-state index in [4.69, 9.17) is 4.74 Å². The average molecular weight is 360 g/mol. The number of carbonyl (C=O) groups excluding carboxylic acids is 1. The molecule has 0 spiro atoms. The third-order valence-electron chi connectivity index (χ3n) is 2.86. The van der Waals surface area contributed by atoms with Crippen LogP contribution in [0.25, 0.3) is 0 Å². The molecular weight excluding hydrogens is 345 g/mol. The molecule has 1 aromatic heterocycles. The lowest BCUT2D eigenvalue weighted by Crippen LogP contribution is -2.29. The zero-order valence-electron chi connectivity index (χ0n) is 12.7. The fourth-order valence-corrected chi connectivity index (χ4v) is 2.49. The molecule has 24 heavy (non-hydrogen) atoms. The van der Waals surface area contributed by atoms with Crippen LogP contribution in [0.15, 0.2) is 35.5 Å². The first kappa shape index (κ1) is 18.1. The Kier molecular flexibility index (Phi) is 6.07. The van der Waals surface area contributed by atoms with Crippen LogP contribution in [0.2, 0.25) is 0 Å². The van der Waals surface area contributed by atoms with Crippen molar-refractivity contribution in [3.8, 4) is 5.75 Å². The van der Waals surface area contributed by atoms with Gasteiger partial charge in [-0.3, -0.25) is 4.79 Å². The van der Waals surface area contributed by atoms with Gasteiger partial charge in [0.1, 0.15) is 12.4 Å². The maximum Gasteiger partial charge on any atom is 0.451 e. The maximum atomic E-state index is 12.6. The summed E-state index contributed by atoms with van der Waals surface area (Å²) in [5, 5.41) is 9.17. The number of para-hydroxylation sites is 1. The molecule has 1 aromatic carbocycles. The number of nitrogens with one attached hydrogen (secondary N) is 1. The van der Waals surface area contributed by atoms with Crippen LogP contribution in [0.5, 0.6) is 5.75 Å². The summed E-state index contributed by atoms with van der Waals surface area (Å²) in [6, 6.07) is 9.12. The second-order valence-corrected chi connectivity index (χ2v) is 5.61. The van der Waals surface area contributed by atoms with Gasteiger partial charge in [-0.15, -0.1) is 10.2 Å². The van der Waals surface area contributed by atoms with Gasteiger partial charge in [-0.1, -0.05) is 30.0 Å². The third-order valence-corrected chi connectivity index (χ3v) is 3.88. The smallest absolute Gasteiger partial charge is 0.451 e. The Balaban J connectivity index is 1.71. The number of halogens is 3. The number of alkyl halides is 3. The van der Waals surface area contributed by atoms with E-state index in [1.807, 2.05) is 18.2 Å². The monoisotopic (exact) mass is 360 g/mol. The Morgan fingerprint density at radius 2 is 2.00 bits per heavy atom. The van der Waals surface area contributed by atoms with Gasteiger partial charge in [0, 0.05) is 7.05 Å². The molecule has 0 aliphatic rings. The van der Waals surface area contributed by atoms with Crippen molar-refractivity contribution in [1.82, 2.24) is 20.1 Å². The Morgan fingerprint density at radius 3 is 2.62 bits per heavy atom. The van der Waals surface area contributed by atoms with Crippen molar-refractivity contribution in [2.24, 2.45) is 7.05 Å². The summed E-state index contributed by atoms with van der Waals surface area (Å²) < 4.78 is 44.0. The van der Waals surface area contributed by atoms with Crippen LogP contribution in [0, 0.1) is 0 Å². The highest BCUT2D eigenvalue weighted by Crippen LogP contribution is 2.29. The van der Waals surface area contributed by atoms with Gasteiger partial charge < -0.3 is 14.6 Å². The number of amides is 1. The van der Waals surface area contributed by atoms with E-state index in [2.05, 4.69) is 15.5 Å². The predicted molar refractivity (Wildman–Crippen MR) is 81.7 cm³/mol. The molecule has 130 valence electrons. The number of nitrogens with zero attached hydrogens (tertiary/aromatic N) is 3. The lowest BCUT2D eigenvalue weighted by Gasteiger charge is -2.08. The fraction of sp³-hybridized carbons (Fsp3) is 0.357. The van der Waals surface area contributed by atoms with Crippen molar-refractivity contribution >= 4 is 17.7 Å². The largest absolute Gasteiger partial charge is 0.492 e. The molecule has 1 N–H and O–H groups in total. The van der Waals surface area contributed by atoms with Gasteiger partial charge in [-0.25, -0.2) is 0 Å². The van der Waals surface area contributed by atoms with Crippen molar-refractivity contribution in [3.05, 3.63) is 36.2 Å². The number of rotatable bonds is 7. The number of ether oxygens (including phenoxy) is 1. The van der Waals surface area contributed by atoms with Crippen molar-refractivity contribution < 1.29 is 22.7 Å². The topological polar surface area (TPSA) is 69.0 Å². The SMILES string of the molecule is Cn1c(SCC(=O)NCCOc2ccccc2)nnc1C(F)(F)F. The number of carbonyl (C=O) groups is 1. The zero-order chi connectivity index (χ0) is 17.6. The Morgan fingerprint density at radius 1 is 1.29 bits per heavy atom. The van der Waals surface area contributed by atoms with Gasteiger partial charge in [0.15, 0.2) is 5.16 Å². The van der Waals surface area contributed by atoms with Crippen molar-refractivity contribution in [2.45, 2.75) is 11.3 Å². The summed E-state index contributed by atoms with van der Waals surface area (Å²) in [5.41, 5.74) is 0. The molecule has 1 heterocycles. The molecule has 0 saturated carbocycles. The number of hydrogen-bond donors (Lipinski definition) is 1. The van der Waals surface area contributed by atoms with Crippen LogP contribution >= 0.6 is 11.8 Å². The molecular formula is C14H15F3N4O2S. The zero-order valence-corrected chi connectivity index (χ0v) is 13.5. The number of hydrogen-bond acceptors (Lipinski definition) is 5. The Labute approximate surface area is 140 Å². The minimum absolute atomic E-state index is 0.0259. The van der Waals surface area contributed by atoms with Crippen molar-refractivity contribution in [2.75, 3.05) is 18.9 Å². The molecule has 0 bridgehead atoms. The van der Waals surface area contributed by atoms with Crippen LogP contribution in [-0.2, 0) is 18.0 Å². The van der Waals surface area contributed by atoms with E-state index in [9.17, 15) is 18.0 Å². The van der Waals surface area contributed by atoms with E-state index in [1.54, 1.807) is 12.1 Å². The summed E-state index contributed by atoms with van der Waals surface area (Å²) in [4.78, 5) is 11.7. The van der Waals surface area contributed by atoms with E-state index < -0.39 is 12.0 Å². The van der Waals surface area contributed by atoms with Crippen LogP contribution in [-0.4, -0.2) is 39.6 Å². The molecule has 10 heteroatoms. The molecule has 2 aromatic rings. The van der Waals surface area contributed by atoms with E-state index in [0.29, 0.717) is 18.9 Å².